The number of phenolic OH excluding ortho intramolecular Hbond substituents is 1. The number of hydrogen-bond donors (Lipinski definition) is 1. The summed E-state index contributed by atoms with van der Waals surface area (Å²) < 4.78 is 5.00. The van der Waals surface area contributed by atoms with E-state index in [9.17, 15) is 9.90 Å². The quantitative estimate of drug-likeness (QED) is 0.904. The largest absolute Gasteiger partial charge is 0.504 e. The lowest BCUT2D eigenvalue weighted by molar-refractivity contribution is 0.0757. The zero-order valence-electron chi connectivity index (χ0n) is 12.5. The first-order valence-corrected chi connectivity index (χ1v) is 7.09. The maximum absolute atomic E-state index is 12.5. The number of aromatic hydroxyl groups is 1. The van der Waals surface area contributed by atoms with Crippen molar-refractivity contribution in [3.63, 3.8) is 0 Å². The third-order valence-electron chi connectivity index (χ3n) is 4.05. The van der Waals surface area contributed by atoms with E-state index >= 15 is 0 Å². The first-order chi connectivity index (χ1) is 9.43. The summed E-state index contributed by atoms with van der Waals surface area (Å²) in [5.41, 5.74) is 0.819. The molecule has 0 saturated carbocycles. The third-order valence-corrected chi connectivity index (χ3v) is 4.05. The van der Waals surface area contributed by atoms with Crippen LogP contribution in [0.3, 0.4) is 0 Å². The number of rotatable bonds is 2. The molecule has 1 aromatic rings. The van der Waals surface area contributed by atoms with E-state index in [1.54, 1.807) is 12.1 Å². The van der Waals surface area contributed by atoms with Gasteiger partial charge in [0, 0.05) is 18.7 Å². The van der Waals surface area contributed by atoms with Crippen LogP contribution in [0.4, 0.5) is 0 Å². The van der Waals surface area contributed by atoms with Crippen LogP contribution in [-0.2, 0) is 0 Å². The van der Waals surface area contributed by atoms with Gasteiger partial charge in [0.2, 0.25) is 0 Å². The molecular formula is C16H23NO3. The van der Waals surface area contributed by atoms with Gasteiger partial charge < -0.3 is 14.7 Å². The molecule has 0 radical (unpaired) electrons. The molecule has 110 valence electrons. The highest BCUT2D eigenvalue weighted by Gasteiger charge is 2.26. The Bertz CT molecular complexity index is 496. The van der Waals surface area contributed by atoms with Crippen LogP contribution in [-0.4, -0.2) is 36.1 Å². The Kier molecular flexibility index (Phi) is 4.21. The molecule has 1 aliphatic heterocycles. The minimum atomic E-state index is -0.0133. The highest BCUT2D eigenvalue weighted by molar-refractivity contribution is 5.94. The van der Waals surface area contributed by atoms with E-state index in [1.807, 2.05) is 4.90 Å². The molecule has 1 aromatic carbocycles. The third kappa shape index (κ3) is 3.24. The van der Waals surface area contributed by atoms with Crippen LogP contribution in [0, 0.1) is 5.41 Å². The van der Waals surface area contributed by atoms with Crippen molar-refractivity contribution in [2.75, 3.05) is 20.2 Å². The van der Waals surface area contributed by atoms with E-state index in [1.165, 1.54) is 13.2 Å². The van der Waals surface area contributed by atoms with E-state index in [0.29, 0.717) is 16.7 Å². The molecule has 1 N–H and O–H groups in total. The summed E-state index contributed by atoms with van der Waals surface area (Å²) >= 11 is 0. The summed E-state index contributed by atoms with van der Waals surface area (Å²) in [6.45, 7) is 6.06. The Balaban J connectivity index is 2.13. The van der Waals surface area contributed by atoms with Crippen molar-refractivity contribution >= 4 is 5.91 Å². The average Bonchev–Trinajstić information content (AvgIpc) is 2.59. The van der Waals surface area contributed by atoms with Crippen LogP contribution in [0.2, 0.25) is 0 Å². The van der Waals surface area contributed by atoms with E-state index in [4.69, 9.17) is 4.74 Å². The minimum Gasteiger partial charge on any atom is -0.504 e. The fraction of sp³-hybridized carbons (Fsp3) is 0.562. The molecular weight excluding hydrogens is 254 g/mol. The van der Waals surface area contributed by atoms with Gasteiger partial charge in [0.1, 0.15) is 0 Å². The maximum atomic E-state index is 12.5. The number of nitrogens with zero attached hydrogens (tertiary/aromatic N) is 1. The van der Waals surface area contributed by atoms with E-state index in [0.717, 1.165) is 32.4 Å². The van der Waals surface area contributed by atoms with Crippen molar-refractivity contribution in [1.29, 1.82) is 0 Å². The van der Waals surface area contributed by atoms with Crippen molar-refractivity contribution in [3.05, 3.63) is 23.8 Å². The molecule has 0 atom stereocenters. The Morgan fingerprint density at radius 3 is 2.70 bits per heavy atom. The van der Waals surface area contributed by atoms with E-state index in [-0.39, 0.29) is 11.7 Å². The average molecular weight is 277 g/mol. The highest BCUT2D eigenvalue weighted by Crippen LogP contribution is 2.31. The van der Waals surface area contributed by atoms with Crippen molar-refractivity contribution in [1.82, 2.24) is 4.90 Å². The van der Waals surface area contributed by atoms with Crippen molar-refractivity contribution < 1.29 is 14.6 Å². The zero-order valence-corrected chi connectivity index (χ0v) is 12.5. The Labute approximate surface area is 120 Å². The van der Waals surface area contributed by atoms with Gasteiger partial charge in [0.15, 0.2) is 11.5 Å². The van der Waals surface area contributed by atoms with Crippen LogP contribution >= 0.6 is 0 Å². The van der Waals surface area contributed by atoms with Gasteiger partial charge in [-0.05, 0) is 42.9 Å². The second-order valence-corrected chi connectivity index (χ2v) is 6.20. The topological polar surface area (TPSA) is 49.8 Å². The lowest BCUT2D eigenvalue weighted by Gasteiger charge is -2.23. The monoisotopic (exact) mass is 277 g/mol. The lowest BCUT2D eigenvalue weighted by atomic mass is 9.85. The van der Waals surface area contributed by atoms with Gasteiger partial charge in [-0.3, -0.25) is 4.79 Å². The number of carbonyl (C=O) groups excluding carboxylic acids is 1. The first kappa shape index (κ1) is 14.7. The molecule has 2 rings (SSSR count). The van der Waals surface area contributed by atoms with Gasteiger partial charge in [-0.15, -0.1) is 0 Å². The molecule has 4 heteroatoms. The van der Waals surface area contributed by atoms with E-state index in [2.05, 4.69) is 13.8 Å². The number of phenols is 1. The molecule has 0 aromatic heterocycles. The highest BCUT2D eigenvalue weighted by atomic mass is 16.5. The molecule has 1 amide bonds. The molecule has 0 spiro atoms. The number of methoxy groups -OCH3 is 1. The lowest BCUT2D eigenvalue weighted by Crippen LogP contribution is -2.32. The number of likely N-dealkylation sites (tertiary alicyclic amines) is 1. The summed E-state index contributed by atoms with van der Waals surface area (Å²) in [6, 6.07) is 4.82. The van der Waals surface area contributed by atoms with Gasteiger partial charge in [-0.2, -0.15) is 0 Å². The number of carbonyl (C=O) groups is 1. The van der Waals surface area contributed by atoms with Crippen molar-refractivity contribution in [3.8, 4) is 11.5 Å². The Morgan fingerprint density at radius 2 is 2.05 bits per heavy atom. The molecule has 1 heterocycles. The van der Waals surface area contributed by atoms with Crippen LogP contribution in [0.25, 0.3) is 0 Å². The van der Waals surface area contributed by atoms with Crippen LogP contribution in [0.15, 0.2) is 18.2 Å². The van der Waals surface area contributed by atoms with Crippen molar-refractivity contribution in [2.24, 2.45) is 5.41 Å². The summed E-state index contributed by atoms with van der Waals surface area (Å²) in [7, 11) is 1.49. The first-order valence-electron chi connectivity index (χ1n) is 7.09. The smallest absolute Gasteiger partial charge is 0.253 e. The summed E-state index contributed by atoms with van der Waals surface area (Å²) in [5.74, 6) is 0.382. The summed E-state index contributed by atoms with van der Waals surface area (Å²) in [4.78, 5) is 14.4. The Hall–Kier alpha value is -1.71. The predicted molar refractivity (Wildman–Crippen MR) is 78.2 cm³/mol. The van der Waals surface area contributed by atoms with Gasteiger partial charge in [0.25, 0.3) is 5.91 Å². The van der Waals surface area contributed by atoms with Gasteiger partial charge in [-0.25, -0.2) is 0 Å². The molecule has 1 aliphatic rings. The molecule has 1 saturated heterocycles. The number of benzene rings is 1. The van der Waals surface area contributed by atoms with E-state index < -0.39 is 0 Å². The van der Waals surface area contributed by atoms with Crippen LogP contribution in [0.1, 0.15) is 43.5 Å². The summed E-state index contributed by atoms with van der Waals surface area (Å²) in [6.07, 6.45) is 3.19. The zero-order chi connectivity index (χ0) is 14.8. The molecule has 0 unspecified atom stereocenters. The second kappa shape index (κ2) is 5.73. The van der Waals surface area contributed by atoms with Gasteiger partial charge in [-0.1, -0.05) is 13.8 Å². The molecule has 20 heavy (non-hydrogen) atoms. The molecule has 4 nitrogen and oxygen atoms in total. The van der Waals surface area contributed by atoms with Crippen molar-refractivity contribution in [2.45, 2.75) is 33.1 Å². The second-order valence-electron chi connectivity index (χ2n) is 6.20. The fourth-order valence-corrected chi connectivity index (χ4v) is 2.63. The van der Waals surface area contributed by atoms with Crippen LogP contribution in [0.5, 0.6) is 11.5 Å². The maximum Gasteiger partial charge on any atom is 0.253 e. The summed E-state index contributed by atoms with van der Waals surface area (Å²) in [5, 5.41) is 9.78. The van der Waals surface area contributed by atoms with Crippen LogP contribution < -0.4 is 4.74 Å². The standard InChI is InChI=1S/C16H23NO3/c1-16(2)7-4-9-17(10-8-16)15(19)12-5-6-14(20-3)13(18)11-12/h5-6,11,18H,4,7-10H2,1-3H3. The SMILES string of the molecule is COc1ccc(C(=O)N2CCCC(C)(C)CC2)cc1O. The normalized spacial score (nSPS) is 18.4. The van der Waals surface area contributed by atoms with Gasteiger partial charge >= 0.3 is 0 Å². The molecule has 1 fully saturated rings. The molecule has 0 bridgehead atoms. The number of ether oxygens (including phenoxy) is 1. The number of hydrogen-bond acceptors (Lipinski definition) is 3. The Morgan fingerprint density at radius 1 is 1.30 bits per heavy atom. The fourth-order valence-electron chi connectivity index (χ4n) is 2.63. The number of amides is 1. The minimum absolute atomic E-state index is 0.00787. The molecule has 0 aliphatic carbocycles. The predicted octanol–water partition coefficient (Wildman–Crippen LogP) is 3.05. The van der Waals surface area contributed by atoms with Gasteiger partial charge in [0.05, 0.1) is 7.11 Å².